The summed E-state index contributed by atoms with van der Waals surface area (Å²) in [4.78, 5) is 13.2. The van der Waals surface area contributed by atoms with Crippen LogP contribution in [0.2, 0.25) is 0 Å². The van der Waals surface area contributed by atoms with Crippen LogP contribution in [0.4, 0.5) is 11.8 Å². The molecule has 1 aromatic heterocycles. The average molecular weight is 311 g/mol. The SMILES string of the molecule is CN(C)c1nccc(NC2CCN(CCc3ccccc3)C2)n1. The highest BCUT2D eigenvalue weighted by Gasteiger charge is 2.22. The highest BCUT2D eigenvalue weighted by Crippen LogP contribution is 2.16. The Balaban J connectivity index is 1.49. The van der Waals surface area contributed by atoms with Crippen molar-refractivity contribution in [3.8, 4) is 0 Å². The number of hydrogen-bond acceptors (Lipinski definition) is 5. The van der Waals surface area contributed by atoms with Gasteiger partial charge in [-0.25, -0.2) is 4.98 Å². The molecule has 1 unspecified atom stereocenters. The second-order valence-corrected chi connectivity index (χ2v) is 6.30. The van der Waals surface area contributed by atoms with E-state index in [1.165, 1.54) is 5.56 Å². The Morgan fingerprint density at radius 3 is 2.83 bits per heavy atom. The first kappa shape index (κ1) is 15.7. The molecule has 122 valence electrons. The van der Waals surface area contributed by atoms with E-state index in [1.807, 2.05) is 31.3 Å². The van der Waals surface area contributed by atoms with Gasteiger partial charge in [-0.2, -0.15) is 4.98 Å². The summed E-state index contributed by atoms with van der Waals surface area (Å²) in [7, 11) is 3.92. The summed E-state index contributed by atoms with van der Waals surface area (Å²) in [5.41, 5.74) is 1.41. The van der Waals surface area contributed by atoms with E-state index in [9.17, 15) is 0 Å². The van der Waals surface area contributed by atoms with E-state index in [0.29, 0.717) is 6.04 Å². The van der Waals surface area contributed by atoms with Crippen molar-refractivity contribution in [2.75, 3.05) is 43.9 Å². The molecule has 1 N–H and O–H groups in total. The number of benzene rings is 1. The maximum atomic E-state index is 4.54. The number of nitrogens with one attached hydrogen (secondary N) is 1. The van der Waals surface area contributed by atoms with Crippen LogP contribution in [0, 0.1) is 0 Å². The molecule has 1 aliphatic rings. The summed E-state index contributed by atoms with van der Waals surface area (Å²) in [6.07, 6.45) is 4.09. The highest BCUT2D eigenvalue weighted by atomic mass is 15.2. The van der Waals surface area contributed by atoms with E-state index in [2.05, 4.69) is 50.5 Å². The first-order valence-electron chi connectivity index (χ1n) is 8.24. The van der Waals surface area contributed by atoms with Crippen molar-refractivity contribution in [3.05, 3.63) is 48.2 Å². The minimum absolute atomic E-state index is 0.468. The van der Waals surface area contributed by atoms with Crippen LogP contribution in [-0.4, -0.2) is 54.6 Å². The fourth-order valence-electron chi connectivity index (χ4n) is 2.94. The molecule has 5 nitrogen and oxygen atoms in total. The summed E-state index contributed by atoms with van der Waals surface area (Å²) in [6, 6.07) is 13.1. The van der Waals surface area contributed by atoms with E-state index in [0.717, 1.165) is 44.2 Å². The summed E-state index contributed by atoms with van der Waals surface area (Å²) in [5.74, 6) is 1.66. The molecule has 0 spiro atoms. The van der Waals surface area contributed by atoms with Crippen LogP contribution in [0.25, 0.3) is 0 Å². The van der Waals surface area contributed by atoms with Crippen LogP contribution in [0.15, 0.2) is 42.6 Å². The molecule has 1 fully saturated rings. The fraction of sp³-hybridized carbons (Fsp3) is 0.444. The summed E-state index contributed by atoms with van der Waals surface area (Å²) >= 11 is 0. The molecule has 0 amide bonds. The van der Waals surface area contributed by atoms with E-state index in [1.54, 1.807) is 0 Å². The Bertz CT molecular complexity index is 614. The van der Waals surface area contributed by atoms with Crippen LogP contribution < -0.4 is 10.2 Å². The maximum Gasteiger partial charge on any atom is 0.226 e. The van der Waals surface area contributed by atoms with Crippen LogP contribution in [0.3, 0.4) is 0 Å². The second kappa shape index (κ2) is 7.42. The predicted octanol–water partition coefficient (Wildman–Crippen LogP) is 2.27. The summed E-state index contributed by atoms with van der Waals surface area (Å²) in [5, 5.41) is 3.54. The average Bonchev–Trinajstić information content (AvgIpc) is 3.01. The third-order valence-corrected chi connectivity index (χ3v) is 4.23. The molecule has 2 aromatic rings. The lowest BCUT2D eigenvalue weighted by Gasteiger charge is -2.18. The van der Waals surface area contributed by atoms with Crippen LogP contribution >= 0.6 is 0 Å². The zero-order chi connectivity index (χ0) is 16.1. The molecule has 5 heteroatoms. The van der Waals surface area contributed by atoms with Crippen LogP contribution in [-0.2, 0) is 6.42 Å². The van der Waals surface area contributed by atoms with Gasteiger partial charge >= 0.3 is 0 Å². The second-order valence-electron chi connectivity index (χ2n) is 6.30. The predicted molar refractivity (Wildman–Crippen MR) is 95.0 cm³/mol. The molecule has 1 saturated heterocycles. The number of aromatic nitrogens is 2. The molecular formula is C18H25N5. The largest absolute Gasteiger partial charge is 0.366 e. The molecule has 0 radical (unpaired) electrons. The van der Waals surface area contributed by atoms with Gasteiger partial charge in [-0.15, -0.1) is 0 Å². The van der Waals surface area contributed by atoms with Crippen molar-refractivity contribution in [2.45, 2.75) is 18.9 Å². The summed E-state index contributed by atoms with van der Waals surface area (Å²) < 4.78 is 0. The van der Waals surface area contributed by atoms with Gasteiger partial charge in [-0.05, 0) is 24.5 Å². The Hall–Kier alpha value is -2.14. The number of hydrogen-bond donors (Lipinski definition) is 1. The fourth-order valence-corrected chi connectivity index (χ4v) is 2.94. The zero-order valence-corrected chi connectivity index (χ0v) is 13.9. The van der Waals surface area contributed by atoms with Gasteiger partial charge < -0.3 is 15.1 Å². The first-order chi connectivity index (χ1) is 11.2. The van der Waals surface area contributed by atoms with Crippen molar-refractivity contribution < 1.29 is 0 Å². The lowest BCUT2D eigenvalue weighted by molar-refractivity contribution is 0.340. The summed E-state index contributed by atoms with van der Waals surface area (Å²) in [6.45, 7) is 3.35. The van der Waals surface area contributed by atoms with Gasteiger partial charge in [-0.1, -0.05) is 30.3 Å². The monoisotopic (exact) mass is 311 g/mol. The van der Waals surface area contributed by atoms with Gasteiger partial charge in [0.15, 0.2) is 0 Å². The van der Waals surface area contributed by atoms with Crippen LogP contribution in [0.1, 0.15) is 12.0 Å². The Morgan fingerprint density at radius 1 is 1.22 bits per heavy atom. The number of anilines is 2. The third kappa shape index (κ3) is 4.42. The molecule has 0 aliphatic carbocycles. The standard InChI is InChI=1S/C18H25N5/c1-22(2)18-19-11-8-17(21-18)20-16-10-13-23(14-16)12-9-15-6-4-3-5-7-15/h3-8,11,16H,9-10,12-14H2,1-2H3,(H,19,20,21). The first-order valence-corrected chi connectivity index (χ1v) is 8.24. The van der Waals surface area contributed by atoms with Gasteiger partial charge in [0.25, 0.3) is 0 Å². The molecule has 23 heavy (non-hydrogen) atoms. The zero-order valence-electron chi connectivity index (χ0n) is 13.9. The molecule has 1 aliphatic heterocycles. The maximum absolute atomic E-state index is 4.54. The lowest BCUT2D eigenvalue weighted by Crippen LogP contribution is -2.28. The van der Waals surface area contributed by atoms with E-state index in [-0.39, 0.29) is 0 Å². The van der Waals surface area contributed by atoms with E-state index in [4.69, 9.17) is 0 Å². The smallest absolute Gasteiger partial charge is 0.226 e. The van der Waals surface area contributed by atoms with E-state index < -0.39 is 0 Å². The Kier molecular flexibility index (Phi) is 5.08. The minimum Gasteiger partial charge on any atom is -0.366 e. The van der Waals surface area contributed by atoms with Crippen molar-refractivity contribution in [1.82, 2.24) is 14.9 Å². The van der Waals surface area contributed by atoms with Gasteiger partial charge in [0, 0.05) is 46.0 Å². The van der Waals surface area contributed by atoms with Crippen molar-refractivity contribution in [3.63, 3.8) is 0 Å². The van der Waals surface area contributed by atoms with Crippen molar-refractivity contribution >= 4 is 11.8 Å². The molecule has 1 aromatic carbocycles. The minimum atomic E-state index is 0.468. The number of nitrogens with zero attached hydrogens (tertiary/aromatic N) is 4. The van der Waals surface area contributed by atoms with Crippen molar-refractivity contribution in [1.29, 1.82) is 0 Å². The topological polar surface area (TPSA) is 44.3 Å². The number of rotatable bonds is 6. The van der Waals surface area contributed by atoms with E-state index >= 15 is 0 Å². The Labute approximate surface area is 138 Å². The third-order valence-electron chi connectivity index (χ3n) is 4.23. The lowest BCUT2D eigenvalue weighted by atomic mass is 10.1. The Morgan fingerprint density at radius 2 is 2.04 bits per heavy atom. The van der Waals surface area contributed by atoms with Gasteiger partial charge in [0.1, 0.15) is 5.82 Å². The number of likely N-dealkylation sites (tertiary alicyclic amines) is 1. The van der Waals surface area contributed by atoms with Crippen molar-refractivity contribution in [2.24, 2.45) is 0 Å². The van der Waals surface area contributed by atoms with Gasteiger partial charge in [0.2, 0.25) is 5.95 Å². The van der Waals surface area contributed by atoms with Crippen LogP contribution in [0.5, 0.6) is 0 Å². The normalized spacial score (nSPS) is 18.1. The molecule has 1 atom stereocenters. The quantitative estimate of drug-likeness (QED) is 0.886. The molecule has 2 heterocycles. The van der Waals surface area contributed by atoms with Gasteiger partial charge in [-0.3, -0.25) is 0 Å². The van der Waals surface area contributed by atoms with Gasteiger partial charge in [0.05, 0.1) is 0 Å². The molecular weight excluding hydrogens is 286 g/mol. The molecule has 0 saturated carbocycles. The molecule has 3 rings (SSSR count). The highest BCUT2D eigenvalue weighted by molar-refractivity contribution is 5.41. The molecule has 0 bridgehead atoms.